The Balaban J connectivity index is 1.75. The van der Waals surface area contributed by atoms with Gasteiger partial charge in [0.05, 0.1) is 6.54 Å². The molecule has 19 heavy (non-hydrogen) atoms. The van der Waals surface area contributed by atoms with Gasteiger partial charge in [-0.1, -0.05) is 18.6 Å². The first-order valence-electron chi connectivity index (χ1n) is 7.10. The highest BCUT2D eigenvalue weighted by molar-refractivity contribution is 5.72. The minimum absolute atomic E-state index is 0.605. The number of oxazole rings is 1. The van der Waals surface area contributed by atoms with Crippen LogP contribution in [0.3, 0.4) is 0 Å². The summed E-state index contributed by atoms with van der Waals surface area (Å²) in [5, 5.41) is 3.29. The van der Waals surface area contributed by atoms with Crippen molar-refractivity contribution >= 4 is 11.1 Å². The number of aromatic nitrogens is 1. The molecule has 1 aromatic carbocycles. The molecule has 1 saturated heterocycles. The van der Waals surface area contributed by atoms with Crippen molar-refractivity contribution in [1.82, 2.24) is 15.2 Å². The number of hydrogen-bond acceptors (Lipinski definition) is 4. The molecule has 0 saturated carbocycles. The summed E-state index contributed by atoms with van der Waals surface area (Å²) in [7, 11) is 2.02. The first-order valence-corrected chi connectivity index (χ1v) is 7.10. The Labute approximate surface area is 113 Å². The maximum Gasteiger partial charge on any atom is 0.209 e. The van der Waals surface area contributed by atoms with Gasteiger partial charge >= 0.3 is 0 Å². The van der Waals surface area contributed by atoms with Gasteiger partial charge in [-0.3, -0.25) is 4.90 Å². The summed E-state index contributed by atoms with van der Waals surface area (Å²) < 4.78 is 5.82. The smallest absolute Gasteiger partial charge is 0.209 e. The van der Waals surface area contributed by atoms with E-state index in [0.29, 0.717) is 6.04 Å². The number of nitrogens with one attached hydrogen (secondary N) is 1. The van der Waals surface area contributed by atoms with Gasteiger partial charge in [-0.15, -0.1) is 0 Å². The van der Waals surface area contributed by atoms with Crippen LogP contribution in [0, 0.1) is 0 Å². The zero-order valence-corrected chi connectivity index (χ0v) is 11.4. The van der Waals surface area contributed by atoms with E-state index in [1.165, 1.54) is 19.3 Å². The molecule has 1 atom stereocenters. The highest BCUT2D eigenvalue weighted by atomic mass is 16.3. The van der Waals surface area contributed by atoms with Gasteiger partial charge in [0.15, 0.2) is 5.58 Å². The van der Waals surface area contributed by atoms with Crippen molar-refractivity contribution in [3.8, 4) is 0 Å². The number of likely N-dealkylation sites (N-methyl/N-ethyl adjacent to an activating group) is 1. The maximum atomic E-state index is 5.82. The average Bonchev–Trinajstić information content (AvgIpc) is 2.83. The van der Waals surface area contributed by atoms with Crippen molar-refractivity contribution in [2.75, 3.05) is 20.1 Å². The number of rotatable bonds is 4. The van der Waals surface area contributed by atoms with Crippen LogP contribution in [0.4, 0.5) is 0 Å². The molecule has 2 heterocycles. The van der Waals surface area contributed by atoms with Crippen LogP contribution in [0.5, 0.6) is 0 Å². The number of nitrogens with zero attached hydrogens (tertiary/aromatic N) is 2. The zero-order valence-electron chi connectivity index (χ0n) is 11.4. The van der Waals surface area contributed by atoms with Gasteiger partial charge < -0.3 is 9.73 Å². The first kappa shape index (κ1) is 12.6. The Bertz CT molecular complexity index is 502. The molecule has 1 aliphatic heterocycles. The van der Waals surface area contributed by atoms with Crippen molar-refractivity contribution in [3.63, 3.8) is 0 Å². The predicted octanol–water partition coefficient (Wildman–Crippen LogP) is 2.40. The number of benzene rings is 1. The fraction of sp³-hybridized carbons (Fsp3) is 0.533. The number of hydrogen-bond donors (Lipinski definition) is 1. The molecule has 1 N–H and O–H groups in total. The minimum atomic E-state index is 0.605. The van der Waals surface area contributed by atoms with Gasteiger partial charge in [0.2, 0.25) is 5.89 Å². The number of para-hydroxylation sites is 2. The third kappa shape index (κ3) is 2.80. The summed E-state index contributed by atoms with van der Waals surface area (Å²) >= 11 is 0. The van der Waals surface area contributed by atoms with E-state index in [-0.39, 0.29) is 0 Å². The largest absolute Gasteiger partial charge is 0.439 e. The van der Waals surface area contributed by atoms with Crippen molar-refractivity contribution in [1.29, 1.82) is 0 Å². The fourth-order valence-electron chi connectivity index (χ4n) is 2.90. The highest BCUT2D eigenvalue weighted by Gasteiger charge is 2.23. The molecule has 1 aliphatic rings. The van der Waals surface area contributed by atoms with E-state index in [1.807, 2.05) is 31.3 Å². The summed E-state index contributed by atoms with van der Waals surface area (Å²) in [5.41, 5.74) is 1.85. The molecule has 1 unspecified atom stereocenters. The molecular weight excluding hydrogens is 238 g/mol. The molecule has 0 aliphatic carbocycles. The van der Waals surface area contributed by atoms with Gasteiger partial charge in [0.1, 0.15) is 5.52 Å². The molecule has 4 nitrogen and oxygen atoms in total. The quantitative estimate of drug-likeness (QED) is 0.915. The lowest BCUT2D eigenvalue weighted by Crippen LogP contribution is -2.44. The van der Waals surface area contributed by atoms with E-state index in [9.17, 15) is 0 Å². The monoisotopic (exact) mass is 259 g/mol. The second-order valence-corrected chi connectivity index (χ2v) is 5.25. The van der Waals surface area contributed by atoms with E-state index in [4.69, 9.17) is 4.42 Å². The lowest BCUT2D eigenvalue weighted by atomic mass is 10.0. The normalized spacial score (nSPS) is 21.0. The lowest BCUT2D eigenvalue weighted by molar-refractivity contribution is 0.128. The Hall–Kier alpha value is -1.39. The van der Waals surface area contributed by atoms with Gasteiger partial charge in [-0.2, -0.15) is 0 Å². The first-order chi connectivity index (χ1) is 9.36. The molecule has 3 rings (SSSR count). The van der Waals surface area contributed by atoms with Crippen LogP contribution in [0.1, 0.15) is 25.2 Å². The van der Waals surface area contributed by atoms with Crippen LogP contribution in [0.15, 0.2) is 28.7 Å². The molecule has 0 radical (unpaired) electrons. The third-order valence-electron chi connectivity index (χ3n) is 3.87. The van der Waals surface area contributed by atoms with Crippen LogP contribution in [-0.4, -0.2) is 36.1 Å². The Morgan fingerprint density at radius 3 is 3.11 bits per heavy atom. The lowest BCUT2D eigenvalue weighted by Gasteiger charge is -2.34. The SMILES string of the molecule is CNCC1CCCCN1Cc1nc2ccccc2o1. The fourth-order valence-corrected chi connectivity index (χ4v) is 2.90. The van der Waals surface area contributed by atoms with Crippen LogP contribution in [-0.2, 0) is 6.54 Å². The maximum absolute atomic E-state index is 5.82. The topological polar surface area (TPSA) is 41.3 Å². The van der Waals surface area contributed by atoms with E-state index < -0.39 is 0 Å². The van der Waals surface area contributed by atoms with Crippen LogP contribution in [0.25, 0.3) is 11.1 Å². The molecular formula is C15H21N3O. The minimum Gasteiger partial charge on any atom is -0.439 e. The van der Waals surface area contributed by atoms with Crippen LogP contribution < -0.4 is 5.32 Å². The molecule has 1 aromatic heterocycles. The molecule has 0 spiro atoms. The molecule has 0 bridgehead atoms. The Morgan fingerprint density at radius 1 is 1.37 bits per heavy atom. The summed E-state index contributed by atoms with van der Waals surface area (Å²) in [4.78, 5) is 7.06. The molecule has 102 valence electrons. The van der Waals surface area contributed by atoms with E-state index in [0.717, 1.165) is 36.6 Å². The second kappa shape index (κ2) is 5.72. The average molecular weight is 259 g/mol. The van der Waals surface area contributed by atoms with Crippen LogP contribution >= 0.6 is 0 Å². The summed E-state index contributed by atoms with van der Waals surface area (Å²) in [6.07, 6.45) is 3.87. The molecule has 1 fully saturated rings. The van der Waals surface area contributed by atoms with Gasteiger partial charge in [0, 0.05) is 12.6 Å². The highest BCUT2D eigenvalue weighted by Crippen LogP contribution is 2.21. The van der Waals surface area contributed by atoms with Gasteiger partial charge in [-0.25, -0.2) is 4.98 Å². The van der Waals surface area contributed by atoms with Crippen molar-refractivity contribution < 1.29 is 4.42 Å². The van der Waals surface area contributed by atoms with Gasteiger partial charge in [-0.05, 0) is 38.6 Å². The zero-order chi connectivity index (χ0) is 13.1. The third-order valence-corrected chi connectivity index (χ3v) is 3.87. The summed E-state index contributed by atoms with van der Waals surface area (Å²) in [6.45, 7) is 3.01. The molecule has 4 heteroatoms. The number of fused-ring (bicyclic) bond motifs is 1. The van der Waals surface area contributed by atoms with Crippen molar-refractivity contribution in [2.45, 2.75) is 31.8 Å². The van der Waals surface area contributed by atoms with Crippen molar-refractivity contribution in [3.05, 3.63) is 30.2 Å². The number of piperidine rings is 1. The Kier molecular flexibility index (Phi) is 3.80. The van der Waals surface area contributed by atoms with Crippen molar-refractivity contribution in [2.24, 2.45) is 0 Å². The molecule has 0 amide bonds. The summed E-state index contributed by atoms with van der Waals surface area (Å²) in [6, 6.07) is 8.58. The second-order valence-electron chi connectivity index (χ2n) is 5.25. The standard InChI is InChI=1S/C15H21N3O/c1-16-10-12-6-4-5-9-18(12)11-15-17-13-7-2-3-8-14(13)19-15/h2-3,7-8,12,16H,4-6,9-11H2,1H3. The van der Waals surface area contributed by atoms with Crippen LogP contribution in [0.2, 0.25) is 0 Å². The van der Waals surface area contributed by atoms with Gasteiger partial charge in [0.25, 0.3) is 0 Å². The predicted molar refractivity (Wildman–Crippen MR) is 76.0 cm³/mol. The van der Waals surface area contributed by atoms with E-state index in [2.05, 4.69) is 15.2 Å². The van der Waals surface area contributed by atoms with E-state index in [1.54, 1.807) is 0 Å². The molecule has 2 aromatic rings. The summed E-state index contributed by atoms with van der Waals surface area (Å²) in [5.74, 6) is 0.837. The number of likely N-dealkylation sites (tertiary alicyclic amines) is 1. The Morgan fingerprint density at radius 2 is 2.26 bits per heavy atom. The van der Waals surface area contributed by atoms with E-state index >= 15 is 0 Å².